The van der Waals surface area contributed by atoms with E-state index >= 15 is 0 Å². The van der Waals surface area contributed by atoms with Crippen LogP contribution >= 0.6 is 0 Å². The zero-order valence-electron chi connectivity index (χ0n) is 10.2. The first kappa shape index (κ1) is 13.9. The molecule has 0 spiro atoms. The number of hydrogen-bond donors (Lipinski definition) is 2. The van der Waals surface area contributed by atoms with Gasteiger partial charge in [-0.15, -0.1) is 0 Å². The summed E-state index contributed by atoms with van der Waals surface area (Å²) < 4.78 is 12.7. The van der Waals surface area contributed by atoms with Gasteiger partial charge in [0.15, 0.2) is 5.84 Å². The molecule has 0 aromatic carbocycles. The normalized spacial score (nSPS) is 11.7. The fourth-order valence-electron chi connectivity index (χ4n) is 1.34. The molecule has 3 N–H and O–H groups in total. The van der Waals surface area contributed by atoms with Crippen LogP contribution in [0.3, 0.4) is 0 Å². The van der Waals surface area contributed by atoms with Crippen molar-refractivity contribution in [2.24, 2.45) is 10.9 Å². The molecule has 0 radical (unpaired) electrons. The van der Waals surface area contributed by atoms with E-state index in [9.17, 15) is 9.18 Å². The highest BCUT2D eigenvalue weighted by Gasteiger charge is 2.21. The van der Waals surface area contributed by atoms with Gasteiger partial charge in [0.2, 0.25) is 0 Å². The van der Waals surface area contributed by atoms with E-state index < -0.39 is 11.7 Å². The number of hydrogen-bond acceptors (Lipinski definition) is 4. The van der Waals surface area contributed by atoms with E-state index in [1.165, 1.54) is 11.0 Å². The second kappa shape index (κ2) is 5.95. The van der Waals surface area contributed by atoms with Crippen LogP contribution in [0, 0.1) is 5.82 Å². The van der Waals surface area contributed by atoms with Crippen LogP contribution in [-0.4, -0.2) is 39.4 Å². The monoisotopic (exact) mass is 254 g/mol. The molecule has 6 nitrogen and oxygen atoms in total. The van der Waals surface area contributed by atoms with Gasteiger partial charge in [0.1, 0.15) is 11.5 Å². The summed E-state index contributed by atoms with van der Waals surface area (Å²) in [5.41, 5.74) is 5.48. The lowest BCUT2D eigenvalue weighted by atomic mass is 10.2. The molecular formula is C11H15FN4O2. The van der Waals surface area contributed by atoms with E-state index in [-0.39, 0.29) is 24.1 Å². The Morgan fingerprint density at radius 2 is 2.28 bits per heavy atom. The number of halogens is 1. The Hall–Kier alpha value is -2.18. The number of carbonyl (C=O) groups is 1. The number of rotatable bonds is 4. The molecule has 1 rings (SSSR count). The molecule has 0 atom stereocenters. The summed E-state index contributed by atoms with van der Waals surface area (Å²) in [7, 11) is 0. The second-order valence-corrected chi connectivity index (χ2v) is 3.98. The summed E-state index contributed by atoms with van der Waals surface area (Å²) in [6, 6.07) is 2.28. The molecule has 0 fully saturated rings. The molecule has 0 aliphatic heterocycles. The van der Waals surface area contributed by atoms with E-state index in [0.717, 1.165) is 12.3 Å². The number of amides is 1. The number of pyridine rings is 1. The molecule has 0 aliphatic rings. The van der Waals surface area contributed by atoms with Crippen molar-refractivity contribution >= 4 is 11.7 Å². The minimum Gasteiger partial charge on any atom is -0.409 e. The van der Waals surface area contributed by atoms with Crippen molar-refractivity contribution in [2.45, 2.75) is 19.9 Å². The first-order valence-electron chi connectivity index (χ1n) is 5.34. The lowest BCUT2D eigenvalue weighted by Crippen LogP contribution is -2.43. The third kappa shape index (κ3) is 3.41. The average molecular weight is 254 g/mol. The van der Waals surface area contributed by atoms with Crippen molar-refractivity contribution in [1.29, 1.82) is 0 Å². The second-order valence-electron chi connectivity index (χ2n) is 3.98. The zero-order chi connectivity index (χ0) is 13.7. The summed E-state index contributed by atoms with van der Waals surface area (Å²) in [5.74, 6) is -1.00. The summed E-state index contributed by atoms with van der Waals surface area (Å²) >= 11 is 0. The van der Waals surface area contributed by atoms with Gasteiger partial charge in [-0.25, -0.2) is 9.37 Å². The Morgan fingerprint density at radius 1 is 1.61 bits per heavy atom. The van der Waals surface area contributed by atoms with E-state index in [0.29, 0.717) is 0 Å². The highest BCUT2D eigenvalue weighted by molar-refractivity contribution is 5.95. The Balaban J connectivity index is 2.92. The maximum Gasteiger partial charge on any atom is 0.273 e. The van der Waals surface area contributed by atoms with Crippen LogP contribution < -0.4 is 5.73 Å². The molecule has 0 aliphatic carbocycles. The molecule has 98 valence electrons. The van der Waals surface area contributed by atoms with Crippen molar-refractivity contribution in [3.05, 3.63) is 29.8 Å². The molecule has 1 amide bonds. The SMILES string of the molecule is CC(C)N(C/C(N)=N/O)C(=O)c1ccc(F)cn1. The third-order valence-electron chi connectivity index (χ3n) is 2.29. The molecule has 0 bridgehead atoms. The van der Waals surface area contributed by atoms with Crippen molar-refractivity contribution in [3.8, 4) is 0 Å². The first-order chi connectivity index (χ1) is 8.45. The number of aromatic nitrogens is 1. The van der Waals surface area contributed by atoms with Crippen LogP contribution in [0.2, 0.25) is 0 Å². The predicted molar refractivity (Wildman–Crippen MR) is 63.8 cm³/mol. The molecular weight excluding hydrogens is 239 g/mol. The van der Waals surface area contributed by atoms with Gasteiger partial charge in [-0.3, -0.25) is 4.79 Å². The first-order valence-corrected chi connectivity index (χ1v) is 5.34. The van der Waals surface area contributed by atoms with Gasteiger partial charge in [-0.2, -0.15) is 0 Å². The maximum atomic E-state index is 12.7. The number of oxime groups is 1. The summed E-state index contributed by atoms with van der Waals surface area (Å²) in [4.78, 5) is 17.2. The van der Waals surface area contributed by atoms with Crippen molar-refractivity contribution in [3.63, 3.8) is 0 Å². The Morgan fingerprint density at radius 3 is 2.72 bits per heavy atom. The quantitative estimate of drug-likeness (QED) is 0.360. The standard InChI is InChI=1S/C11H15FN4O2/c1-7(2)16(6-10(13)15-18)11(17)9-4-3-8(12)5-14-9/h3-5,7,18H,6H2,1-2H3,(H2,13,15). The predicted octanol–water partition coefficient (Wildman–Crippen LogP) is 0.818. The van der Waals surface area contributed by atoms with E-state index in [2.05, 4.69) is 10.1 Å². The van der Waals surface area contributed by atoms with Gasteiger partial charge in [-0.05, 0) is 26.0 Å². The molecule has 1 heterocycles. The zero-order valence-corrected chi connectivity index (χ0v) is 10.2. The van der Waals surface area contributed by atoms with E-state index in [1.807, 2.05) is 0 Å². The maximum absolute atomic E-state index is 12.7. The number of nitrogens with zero attached hydrogens (tertiary/aromatic N) is 3. The Kier molecular flexibility index (Phi) is 4.59. The lowest BCUT2D eigenvalue weighted by Gasteiger charge is -2.25. The molecule has 1 aromatic heterocycles. The smallest absolute Gasteiger partial charge is 0.273 e. The average Bonchev–Trinajstić information content (AvgIpc) is 2.35. The number of carbonyl (C=O) groups excluding carboxylic acids is 1. The van der Waals surface area contributed by atoms with E-state index in [4.69, 9.17) is 10.9 Å². The minimum absolute atomic E-state index is 0.0218. The molecule has 0 saturated heterocycles. The Labute approximate surface area is 104 Å². The van der Waals surface area contributed by atoms with Gasteiger partial charge in [0.25, 0.3) is 5.91 Å². The van der Waals surface area contributed by atoms with Crippen molar-refractivity contribution in [1.82, 2.24) is 9.88 Å². The molecule has 0 unspecified atom stereocenters. The summed E-state index contributed by atoms with van der Waals surface area (Å²) in [6.07, 6.45) is 0.967. The van der Waals surface area contributed by atoms with E-state index in [1.54, 1.807) is 13.8 Å². The molecule has 18 heavy (non-hydrogen) atoms. The Bertz CT molecular complexity index is 445. The van der Waals surface area contributed by atoms with Crippen molar-refractivity contribution < 1.29 is 14.4 Å². The van der Waals surface area contributed by atoms with Crippen LogP contribution in [0.4, 0.5) is 4.39 Å². The number of nitrogens with two attached hydrogens (primary N) is 1. The van der Waals surface area contributed by atoms with Gasteiger partial charge < -0.3 is 15.8 Å². The van der Waals surface area contributed by atoms with Crippen LogP contribution in [-0.2, 0) is 0 Å². The fraction of sp³-hybridized carbons (Fsp3) is 0.364. The van der Waals surface area contributed by atoms with Crippen LogP contribution in [0.1, 0.15) is 24.3 Å². The lowest BCUT2D eigenvalue weighted by molar-refractivity contribution is 0.0728. The highest BCUT2D eigenvalue weighted by atomic mass is 19.1. The van der Waals surface area contributed by atoms with Gasteiger partial charge in [0.05, 0.1) is 12.7 Å². The minimum atomic E-state index is -0.515. The van der Waals surface area contributed by atoms with Crippen molar-refractivity contribution in [2.75, 3.05) is 6.54 Å². The van der Waals surface area contributed by atoms with Crippen LogP contribution in [0.5, 0.6) is 0 Å². The molecule has 1 aromatic rings. The highest BCUT2D eigenvalue weighted by Crippen LogP contribution is 2.07. The van der Waals surface area contributed by atoms with Crippen LogP contribution in [0.25, 0.3) is 0 Å². The van der Waals surface area contributed by atoms with Gasteiger partial charge in [-0.1, -0.05) is 5.16 Å². The third-order valence-corrected chi connectivity index (χ3v) is 2.29. The largest absolute Gasteiger partial charge is 0.409 e. The fourth-order valence-corrected chi connectivity index (χ4v) is 1.34. The topological polar surface area (TPSA) is 91.8 Å². The molecule has 7 heteroatoms. The molecule has 0 saturated carbocycles. The summed E-state index contributed by atoms with van der Waals surface area (Å²) in [5, 5.41) is 11.3. The number of amidine groups is 1. The van der Waals surface area contributed by atoms with Crippen LogP contribution in [0.15, 0.2) is 23.5 Å². The van der Waals surface area contributed by atoms with Gasteiger partial charge in [0, 0.05) is 6.04 Å². The van der Waals surface area contributed by atoms with Gasteiger partial charge >= 0.3 is 0 Å². The summed E-state index contributed by atoms with van der Waals surface area (Å²) in [6.45, 7) is 3.55.